The van der Waals surface area contributed by atoms with Gasteiger partial charge in [-0.15, -0.1) is 0 Å². The summed E-state index contributed by atoms with van der Waals surface area (Å²) in [6.45, 7) is 1.99. The summed E-state index contributed by atoms with van der Waals surface area (Å²) in [5.41, 5.74) is 2.98. The molecular weight excluding hydrogens is 388 g/mol. The van der Waals surface area contributed by atoms with E-state index in [-0.39, 0.29) is 24.9 Å². The average Bonchev–Trinajstić information content (AvgIpc) is 3.09. The number of alkyl halides is 2. The molecule has 2 aromatic carbocycles. The van der Waals surface area contributed by atoms with Crippen LogP contribution < -0.4 is 5.32 Å². The molecule has 1 saturated heterocycles. The van der Waals surface area contributed by atoms with E-state index in [2.05, 4.69) is 10.3 Å². The molecular formula is C23H19F2N3O2. The van der Waals surface area contributed by atoms with E-state index in [1.807, 2.05) is 13.0 Å². The quantitative estimate of drug-likeness (QED) is 0.710. The fourth-order valence-corrected chi connectivity index (χ4v) is 4.16. The van der Waals surface area contributed by atoms with E-state index in [1.54, 1.807) is 48.7 Å². The third-order valence-electron chi connectivity index (χ3n) is 6.08. The molecule has 7 heteroatoms. The standard InChI is InChI=1S/C23H19F2N3O2/c1-13-4-5-16(22(30)28-11-17-18(12-28)23(17,24)25)10-20(13)27-21(29)15-6-7-19-14(9-15)3-2-8-26-19/h2-10,17-18H,11-12H2,1H3,(H,27,29). The molecule has 2 amide bonds. The van der Waals surface area contributed by atoms with Crippen molar-refractivity contribution < 1.29 is 18.4 Å². The summed E-state index contributed by atoms with van der Waals surface area (Å²) in [6, 6.07) is 14.0. The minimum atomic E-state index is -2.63. The van der Waals surface area contributed by atoms with Gasteiger partial charge in [0.1, 0.15) is 0 Å². The molecule has 152 valence electrons. The topological polar surface area (TPSA) is 62.3 Å². The van der Waals surface area contributed by atoms with E-state index in [4.69, 9.17) is 0 Å². The summed E-state index contributed by atoms with van der Waals surface area (Å²) in [5, 5.41) is 3.71. The van der Waals surface area contributed by atoms with Crippen LogP contribution in [-0.2, 0) is 0 Å². The minimum Gasteiger partial charge on any atom is -0.338 e. The number of piperidine rings is 1. The Labute approximate surface area is 171 Å². The van der Waals surface area contributed by atoms with Crippen molar-refractivity contribution in [1.29, 1.82) is 0 Å². The van der Waals surface area contributed by atoms with Crippen molar-refractivity contribution in [2.75, 3.05) is 18.4 Å². The molecule has 5 rings (SSSR count). The van der Waals surface area contributed by atoms with Gasteiger partial charge in [-0.25, -0.2) is 8.78 Å². The second kappa shape index (κ2) is 6.58. The number of rotatable bonds is 3. The van der Waals surface area contributed by atoms with Crippen molar-refractivity contribution in [3.8, 4) is 0 Å². The molecule has 2 heterocycles. The van der Waals surface area contributed by atoms with Crippen LogP contribution >= 0.6 is 0 Å². The summed E-state index contributed by atoms with van der Waals surface area (Å²) in [7, 11) is 0. The molecule has 2 unspecified atom stereocenters. The number of nitrogens with one attached hydrogen (secondary N) is 1. The molecule has 0 radical (unpaired) electrons. The number of pyridine rings is 1. The largest absolute Gasteiger partial charge is 0.338 e. The van der Waals surface area contributed by atoms with Crippen LogP contribution in [0.1, 0.15) is 26.3 Å². The Kier molecular flexibility index (Phi) is 4.10. The summed E-state index contributed by atoms with van der Waals surface area (Å²) in [5.74, 6) is -4.64. The first kappa shape index (κ1) is 18.7. The van der Waals surface area contributed by atoms with Gasteiger partial charge >= 0.3 is 0 Å². The number of anilines is 1. The second-order valence-corrected chi connectivity index (χ2v) is 7.99. The highest BCUT2D eigenvalue weighted by atomic mass is 19.3. The number of halogens is 2. The Morgan fingerprint density at radius 2 is 1.80 bits per heavy atom. The van der Waals surface area contributed by atoms with Crippen molar-refractivity contribution in [2.24, 2.45) is 11.8 Å². The average molecular weight is 407 g/mol. The minimum absolute atomic E-state index is 0.0805. The van der Waals surface area contributed by atoms with Crippen molar-refractivity contribution in [3.05, 3.63) is 71.4 Å². The molecule has 30 heavy (non-hydrogen) atoms. The number of aromatic nitrogens is 1. The zero-order valence-corrected chi connectivity index (χ0v) is 16.2. The molecule has 1 aliphatic heterocycles. The fourth-order valence-electron chi connectivity index (χ4n) is 4.16. The zero-order valence-electron chi connectivity index (χ0n) is 16.2. The smallest absolute Gasteiger partial charge is 0.258 e. The fraction of sp³-hybridized carbons (Fsp3) is 0.261. The molecule has 2 atom stereocenters. The van der Waals surface area contributed by atoms with Gasteiger partial charge in [0.25, 0.3) is 17.7 Å². The lowest BCUT2D eigenvalue weighted by molar-refractivity contribution is 0.0458. The van der Waals surface area contributed by atoms with Crippen molar-refractivity contribution in [1.82, 2.24) is 9.88 Å². The molecule has 5 nitrogen and oxygen atoms in total. The first-order valence-electron chi connectivity index (χ1n) is 9.78. The molecule has 3 aromatic rings. The van der Waals surface area contributed by atoms with Gasteiger partial charge in [0, 0.05) is 41.5 Å². The lowest BCUT2D eigenvalue weighted by atomic mass is 10.1. The number of carbonyl (C=O) groups is 2. The predicted molar refractivity (Wildman–Crippen MR) is 109 cm³/mol. The molecule has 1 aromatic heterocycles. The highest BCUT2D eigenvalue weighted by molar-refractivity contribution is 6.07. The molecule has 0 spiro atoms. The molecule has 2 aliphatic rings. The van der Waals surface area contributed by atoms with E-state index in [0.29, 0.717) is 16.8 Å². The highest BCUT2D eigenvalue weighted by Gasteiger charge is 2.72. The SMILES string of the molecule is Cc1ccc(C(=O)N2CC3C(C2)C3(F)F)cc1NC(=O)c1ccc2ncccc2c1. The first-order valence-corrected chi connectivity index (χ1v) is 9.78. The van der Waals surface area contributed by atoms with Gasteiger partial charge in [0.05, 0.1) is 17.4 Å². The Bertz CT molecular complexity index is 1180. The van der Waals surface area contributed by atoms with E-state index in [9.17, 15) is 18.4 Å². The first-order chi connectivity index (χ1) is 14.3. The van der Waals surface area contributed by atoms with Crippen LogP contribution in [0.3, 0.4) is 0 Å². The monoisotopic (exact) mass is 407 g/mol. The third kappa shape index (κ3) is 3.01. The van der Waals surface area contributed by atoms with Crippen LogP contribution in [-0.4, -0.2) is 40.7 Å². The van der Waals surface area contributed by atoms with Crippen LogP contribution in [0.15, 0.2) is 54.7 Å². The normalized spacial score (nSPS) is 21.4. The molecule has 2 fully saturated rings. The lowest BCUT2D eigenvalue weighted by Crippen LogP contribution is -2.33. The number of amides is 2. The number of carbonyl (C=O) groups excluding carboxylic acids is 2. The number of hydrogen-bond donors (Lipinski definition) is 1. The maximum atomic E-state index is 13.4. The van der Waals surface area contributed by atoms with Gasteiger partial charge < -0.3 is 10.2 Å². The van der Waals surface area contributed by atoms with Crippen molar-refractivity contribution in [3.63, 3.8) is 0 Å². The predicted octanol–water partition coefficient (Wildman–Crippen LogP) is 4.13. The Balaban J connectivity index is 1.34. The van der Waals surface area contributed by atoms with Crippen LogP contribution in [0.5, 0.6) is 0 Å². The molecule has 1 N–H and O–H groups in total. The van der Waals surface area contributed by atoms with Gasteiger partial charge in [-0.2, -0.15) is 0 Å². The summed E-state index contributed by atoms with van der Waals surface area (Å²) >= 11 is 0. The maximum Gasteiger partial charge on any atom is 0.258 e. The van der Waals surface area contributed by atoms with Gasteiger partial charge in [0.15, 0.2) is 0 Å². The molecule has 1 saturated carbocycles. The number of fused-ring (bicyclic) bond motifs is 2. The highest BCUT2D eigenvalue weighted by Crippen LogP contribution is 2.59. The van der Waals surface area contributed by atoms with Crippen LogP contribution in [0.4, 0.5) is 14.5 Å². The van der Waals surface area contributed by atoms with Crippen molar-refractivity contribution >= 4 is 28.4 Å². The van der Waals surface area contributed by atoms with Gasteiger partial charge in [0.2, 0.25) is 0 Å². The number of likely N-dealkylation sites (tertiary alicyclic amines) is 1. The van der Waals surface area contributed by atoms with Gasteiger partial charge in [-0.05, 0) is 48.9 Å². The summed E-state index contributed by atoms with van der Waals surface area (Å²) in [4.78, 5) is 31.2. The van der Waals surface area contributed by atoms with Crippen molar-refractivity contribution in [2.45, 2.75) is 12.8 Å². The van der Waals surface area contributed by atoms with Gasteiger partial charge in [-0.3, -0.25) is 14.6 Å². The summed E-state index contributed by atoms with van der Waals surface area (Å²) < 4.78 is 26.8. The number of aryl methyl sites for hydroxylation is 1. The third-order valence-corrected chi connectivity index (χ3v) is 6.08. The van der Waals surface area contributed by atoms with Crippen LogP contribution in [0.2, 0.25) is 0 Å². The maximum absolute atomic E-state index is 13.4. The second-order valence-electron chi connectivity index (χ2n) is 7.99. The Morgan fingerprint density at radius 3 is 2.57 bits per heavy atom. The molecule has 1 aliphatic carbocycles. The zero-order chi connectivity index (χ0) is 21.0. The van der Waals surface area contributed by atoms with E-state index in [1.165, 1.54) is 4.90 Å². The lowest BCUT2D eigenvalue weighted by Gasteiger charge is -2.20. The Morgan fingerprint density at radius 1 is 1.07 bits per heavy atom. The van der Waals surface area contributed by atoms with E-state index < -0.39 is 17.8 Å². The number of benzene rings is 2. The number of hydrogen-bond acceptors (Lipinski definition) is 3. The number of nitrogens with zero attached hydrogens (tertiary/aromatic N) is 2. The van der Waals surface area contributed by atoms with Crippen LogP contribution in [0, 0.1) is 18.8 Å². The van der Waals surface area contributed by atoms with E-state index in [0.717, 1.165) is 16.5 Å². The summed E-state index contributed by atoms with van der Waals surface area (Å²) in [6.07, 6.45) is 1.69. The van der Waals surface area contributed by atoms with E-state index >= 15 is 0 Å². The molecule has 0 bridgehead atoms. The van der Waals surface area contributed by atoms with Crippen LogP contribution in [0.25, 0.3) is 10.9 Å². The Hall–Kier alpha value is -3.35. The van der Waals surface area contributed by atoms with Gasteiger partial charge in [-0.1, -0.05) is 12.1 Å².